The van der Waals surface area contributed by atoms with E-state index < -0.39 is 10.8 Å². The van der Waals surface area contributed by atoms with Crippen molar-refractivity contribution in [1.29, 1.82) is 0 Å². The zero-order valence-corrected chi connectivity index (χ0v) is 16.2. The Bertz CT molecular complexity index is 952. The van der Waals surface area contributed by atoms with Gasteiger partial charge in [0.05, 0.1) is 38.1 Å². The Morgan fingerprint density at radius 3 is 2.43 bits per heavy atom. The molecule has 2 amide bonds. The Hall–Kier alpha value is -2.64. The van der Waals surface area contributed by atoms with Crippen LogP contribution in [0.25, 0.3) is 0 Å². The lowest BCUT2D eigenvalue weighted by Gasteiger charge is -2.13. The predicted octanol–water partition coefficient (Wildman–Crippen LogP) is 2.68. The molecule has 1 unspecified atom stereocenters. The molecule has 6 nitrogen and oxygen atoms in total. The van der Waals surface area contributed by atoms with Gasteiger partial charge in [0.2, 0.25) is 0 Å². The smallest absolute Gasteiger partial charge is 0.261 e. The zero-order valence-electron chi connectivity index (χ0n) is 15.4. The third-order valence-corrected chi connectivity index (χ3v) is 6.17. The Balaban J connectivity index is 1.18. The van der Waals surface area contributed by atoms with E-state index in [2.05, 4.69) is 10.3 Å². The summed E-state index contributed by atoms with van der Waals surface area (Å²) in [5.41, 5.74) is 4.36. The molecule has 144 valence electrons. The lowest BCUT2D eigenvalue weighted by atomic mass is 10.1. The number of rotatable bonds is 8. The molecule has 2 aromatic rings. The minimum absolute atomic E-state index is 0.193. The Morgan fingerprint density at radius 1 is 0.929 bits per heavy atom. The van der Waals surface area contributed by atoms with E-state index in [0.717, 1.165) is 48.5 Å². The summed E-state index contributed by atoms with van der Waals surface area (Å²) in [6, 6.07) is 12.8. The van der Waals surface area contributed by atoms with Crippen LogP contribution in [0, 0.1) is 0 Å². The maximum Gasteiger partial charge on any atom is 0.261 e. The van der Waals surface area contributed by atoms with Gasteiger partial charge in [0.15, 0.2) is 0 Å². The van der Waals surface area contributed by atoms with Crippen molar-refractivity contribution in [2.45, 2.75) is 24.2 Å². The molecule has 0 radical (unpaired) electrons. The highest BCUT2D eigenvalue weighted by Gasteiger charge is 2.34. The first-order valence-electron chi connectivity index (χ1n) is 9.39. The van der Waals surface area contributed by atoms with Gasteiger partial charge in [0.1, 0.15) is 0 Å². The molecule has 0 aromatic heterocycles. The third kappa shape index (κ3) is 3.55. The lowest BCUT2D eigenvalue weighted by molar-refractivity contribution is 0.0651. The SMILES string of the molecule is O=C1c2ccccc2C(=O)N1CCCCNCCc1cccc2c1S(=O)C=N2. The van der Waals surface area contributed by atoms with E-state index in [-0.39, 0.29) is 11.8 Å². The van der Waals surface area contributed by atoms with E-state index in [1.807, 2.05) is 18.2 Å². The highest BCUT2D eigenvalue weighted by Crippen LogP contribution is 2.30. The van der Waals surface area contributed by atoms with Crippen LogP contribution in [0.5, 0.6) is 0 Å². The highest BCUT2D eigenvalue weighted by molar-refractivity contribution is 7.99. The van der Waals surface area contributed by atoms with Gasteiger partial charge in [-0.1, -0.05) is 24.3 Å². The molecular weight excluding hydrogens is 374 g/mol. The Kier molecular flexibility index (Phi) is 5.45. The summed E-state index contributed by atoms with van der Waals surface area (Å²) in [6.07, 6.45) is 2.42. The summed E-state index contributed by atoms with van der Waals surface area (Å²) < 4.78 is 12.0. The molecule has 0 saturated heterocycles. The monoisotopic (exact) mass is 395 g/mol. The van der Waals surface area contributed by atoms with Crippen molar-refractivity contribution in [1.82, 2.24) is 10.2 Å². The molecule has 0 bridgehead atoms. The number of fused-ring (bicyclic) bond motifs is 2. The lowest BCUT2D eigenvalue weighted by Crippen LogP contribution is -2.31. The number of hydrogen-bond donors (Lipinski definition) is 1. The standard InChI is InChI=1S/C21H21N3O3S/c25-20-16-7-1-2-8-17(16)21(26)24(20)13-4-3-11-22-12-10-15-6-5-9-18-19(15)28(27)14-23-18/h1-2,5-9,14,22H,3-4,10-13H2. The maximum atomic E-state index is 12.3. The highest BCUT2D eigenvalue weighted by atomic mass is 32.2. The second kappa shape index (κ2) is 8.16. The van der Waals surface area contributed by atoms with Gasteiger partial charge in [-0.3, -0.25) is 14.5 Å². The molecule has 7 heteroatoms. The molecule has 2 heterocycles. The Labute approximate surface area is 166 Å². The minimum atomic E-state index is -1.13. The van der Waals surface area contributed by atoms with Crippen molar-refractivity contribution >= 4 is 33.8 Å². The van der Waals surface area contributed by atoms with E-state index in [4.69, 9.17) is 0 Å². The second-order valence-corrected chi connectivity index (χ2v) is 8.03. The van der Waals surface area contributed by atoms with Crippen molar-refractivity contribution < 1.29 is 13.8 Å². The molecule has 2 aromatic carbocycles. The molecule has 1 N–H and O–H groups in total. The predicted molar refractivity (Wildman–Crippen MR) is 109 cm³/mol. The van der Waals surface area contributed by atoms with Crippen molar-refractivity contribution in [3.63, 3.8) is 0 Å². The average molecular weight is 395 g/mol. The van der Waals surface area contributed by atoms with Gasteiger partial charge in [-0.05, 0) is 56.1 Å². The summed E-state index contributed by atoms with van der Waals surface area (Å²) in [6.45, 7) is 2.02. The third-order valence-electron chi connectivity index (χ3n) is 5.00. The molecule has 0 spiro atoms. The number of carbonyl (C=O) groups is 2. The normalized spacial score (nSPS) is 17.3. The van der Waals surface area contributed by atoms with Crippen LogP contribution < -0.4 is 5.32 Å². The summed E-state index contributed by atoms with van der Waals surface area (Å²) >= 11 is 0. The van der Waals surface area contributed by atoms with Crippen molar-refractivity contribution in [2.75, 3.05) is 19.6 Å². The average Bonchev–Trinajstić information content (AvgIpc) is 3.21. The first-order chi connectivity index (χ1) is 13.7. The van der Waals surface area contributed by atoms with Crippen molar-refractivity contribution in [2.24, 2.45) is 4.99 Å². The first kappa shape index (κ1) is 18.7. The van der Waals surface area contributed by atoms with Gasteiger partial charge in [0, 0.05) is 6.54 Å². The molecule has 4 rings (SSSR count). The number of nitrogens with one attached hydrogen (secondary N) is 1. The zero-order chi connectivity index (χ0) is 19.5. The van der Waals surface area contributed by atoms with E-state index in [0.29, 0.717) is 17.7 Å². The summed E-state index contributed by atoms with van der Waals surface area (Å²) in [4.78, 5) is 30.9. The quantitative estimate of drug-likeness (QED) is 0.551. The van der Waals surface area contributed by atoms with Gasteiger partial charge in [-0.25, -0.2) is 9.20 Å². The van der Waals surface area contributed by atoms with Crippen LogP contribution in [-0.2, 0) is 17.2 Å². The van der Waals surface area contributed by atoms with Crippen LogP contribution >= 0.6 is 0 Å². The molecule has 0 saturated carbocycles. The van der Waals surface area contributed by atoms with Gasteiger partial charge in [-0.15, -0.1) is 0 Å². The number of benzene rings is 2. The summed E-state index contributed by atoms with van der Waals surface area (Å²) in [5, 5.41) is 3.38. The number of carbonyl (C=O) groups excluding carboxylic acids is 2. The van der Waals surface area contributed by atoms with Crippen LogP contribution in [0.4, 0.5) is 5.69 Å². The summed E-state index contributed by atoms with van der Waals surface area (Å²) in [7, 11) is -1.13. The van der Waals surface area contributed by atoms with Crippen LogP contribution in [0.2, 0.25) is 0 Å². The van der Waals surface area contributed by atoms with E-state index in [1.54, 1.807) is 24.3 Å². The number of nitrogens with zero attached hydrogens (tertiary/aromatic N) is 2. The maximum absolute atomic E-state index is 12.3. The molecular formula is C21H21N3O3S. The topological polar surface area (TPSA) is 78.8 Å². The van der Waals surface area contributed by atoms with Crippen LogP contribution in [0.15, 0.2) is 52.4 Å². The van der Waals surface area contributed by atoms with E-state index in [9.17, 15) is 13.8 Å². The number of aliphatic imine (C=N–C) groups is 1. The van der Waals surface area contributed by atoms with Crippen LogP contribution in [-0.4, -0.2) is 46.1 Å². The number of imide groups is 1. The van der Waals surface area contributed by atoms with Gasteiger partial charge < -0.3 is 5.32 Å². The first-order valence-corrected chi connectivity index (χ1v) is 10.6. The molecule has 0 fully saturated rings. The molecule has 0 aliphatic carbocycles. The molecule has 28 heavy (non-hydrogen) atoms. The largest absolute Gasteiger partial charge is 0.316 e. The van der Waals surface area contributed by atoms with Gasteiger partial charge >= 0.3 is 0 Å². The second-order valence-electron chi connectivity index (χ2n) is 6.81. The van der Waals surface area contributed by atoms with Crippen LogP contribution in [0.3, 0.4) is 0 Å². The van der Waals surface area contributed by atoms with E-state index >= 15 is 0 Å². The number of hydrogen-bond acceptors (Lipinski definition) is 5. The minimum Gasteiger partial charge on any atom is -0.316 e. The van der Waals surface area contributed by atoms with Crippen molar-refractivity contribution in [3.8, 4) is 0 Å². The summed E-state index contributed by atoms with van der Waals surface area (Å²) in [5.74, 6) is -0.386. The molecule has 2 aliphatic heterocycles. The molecule has 2 aliphatic rings. The fourth-order valence-corrected chi connectivity index (χ4v) is 4.64. The van der Waals surface area contributed by atoms with Crippen molar-refractivity contribution in [3.05, 3.63) is 59.2 Å². The fraction of sp³-hybridized carbons (Fsp3) is 0.286. The fourth-order valence-electron chi connectivity index (χ4n) is 3.57. The van der Waals surface area contributed by atoms with E-state index in [1.165, 1.54) is 10.4 Å². The van der Waals surface area contributed by atoms with Gasteiger partial charge in [0.25, 0.3) is 11.8 Å². The number of unbranched alkanes of at least 4 members (excludes halogenated alkanes) is 1. The molecule has 1 atom stereocenters. The van der Waals surface area contributed by atoms with Gasteiger partial charge in [-0.2, -0.15) is 0 Å². The van der Waals surface area contributed by atoms with Crippen LogP contribution in [0.1, 0.15) is 39.1 Å². The number of amides is 2. The Morgan fingerprint density at radius 2 is 1.68 bits per heavy atom.